The van der Waals surface area contributed by atoms with Crippen molar-refractivity contribution in [1.29, 1.82) is 0 Å². The minimum Gasteiger partial charge on any atom is -0.376 e. The summed E-state index contributed by atoms with van der Waals surface area (Å²) in [5.74, 6) is -2.66. The number of hydrogen-bond donors (Lipinski definition) is 1. The molecule has 3 nitrogen and oxygen atoms in total. The number of rotatable bonds is 14. The van der Waals surface area contributed by atoms with Crippen LogP contribution in [0.4, 0.5) is 17.6 Å². The van der Waals surface area contributed by atoms with Gasteiger partial charge in [-0.05, 0) is 73.2 Å². The van der Waals surface area contributed by atoms with Gasteiger partial charge < -0.3 is 14.8 Å². The molecule has 0 saturated heterocycles. The summed E-state index contributed by atoms with van der Waals surface area (Å²) < 4.78 is 69.8. The predicted octanol–water partition coefficient (Wildman–Crippen LogP) is 9.88. The SMILES string of the molecule is Cc1ccccc1C(CNC1(C(COCc2c(F)cccc2F)c2ccccc2C)CCCCC1)COCc1c(F)cccc1F.Cl. The summed E-state index contributed by atoms with van der Waals surface area (Å²) in [6, 6.07) is 24.0. The maximum absolute atomic E-state index is 14.5. The molecule has 0 spiro atoms. The van der Waals surface area contributed by atoms with Crippen LogP contribution < -0.4 is 5.32 Å². The Bertz CT molecular complexity index is 1550. The summed E-state index contributed by atoms with van der Waals surface area (Å²) >= 11 is 0. The van der Waals surface area contributed by atoms with Crippen LogP contribution in [0.1, 0.15) is 77.3 Å². The molecule has 0 amide bonds. The van der Waals surface area contributed by atoms with Gasteiger partial charge in [0.2, 0.25) is 0 Å². The van der Waals surface area contributed by atoms with Gasteiger partial charge in [0.25, 0.3) is 0 Å². The molecule has 1 N–H and O–H groups in total. The lowest BCUT2D eigenvalue weighted by Gasteiger charge is -2.46. The summed E-state index contributed by atoms with van der Waals surface area (Å²) in [4.78, 5) is 0. The summed E-state index contributed by atoms with van der Waals surface area (Å²) in [5.41, 5.74) is 3.99. The summed E-state index contributed by atoms with van der Waals surface area (Å²) in [7, 11) is 0. The normalized spacial score (nSPS) is 15.5. The molecule has 2 unspecified atom stereocenters. The summed E-state index contributed by atoms with van der Waals surface area (Å²) in [5, 5.41) is 3.97. The Morgan fingerprint density at radius 3 is 1.60 bits per heavy atom. The quantitative estimate of drug-likeness (QED) is 0.136. The molecular formula is C39H44ClF4NO2. The zero-order valence-corrected chi connectivity index (χ0v) is 27.9. The van der Waals surface area contributed by atoms with Crippen LogP contribution in [0.15, 0.2) is 84.9 Å². The maximum Gasteiger partial charge on any atom is 0.131 e. The highest BCUT2D eigenvalue weighted by atomic mass is 35.5. The van der Waals surface area contributed by atoms with Crippen molar-refractivity contribution in [2.24, 2.45) is 0 Å². The van der Waals surface area contributed by atoms with Crippen molar-refractivity contribution in [3.63, 3.8) is 0 Å². The Hall–Kier alpha value is -3.23. The molecule has 0 bridgehead atoms. The van der Waals surface area contributed by atoms with Gasteiger partial charge in [0.05, 0.1) is 26.4 Å². The highest BCUT2D eigenvalue weighted by Crippen LogP contribution is 2.42. The molecule has 252 valence electrons. The molecule has 1 aliphatic rings. The van der Waals surface area contributed by atoms with Gasteiger partial charge in [-0.2, -0.15) is 0 Å². The van der Waals surface area contributed by atoms with E-state index < -0.39 is 23.3 Å². The first kappa shape index (κ1) is 36.6. The first-order valence-electron chi connectivity index (χ1n) is 16.2. The largest absolute Gasteiger partial charge is 0.376 e. The molecule has 1 saturated carbocycles. The van der Waals surface area contributed by atoms with Crippen molar-refractivity contribution in [2.45, 2.75) is 76.5 Å². The summed E-state index contributed by atoms with van der Waals surface area (Å²) in [6.45, 7) is 4.92. The minimum atomic E-state index is -0.622. The Morgan fingerprint density at radius 1 is 0.617 bits per heavy atom. The summed E-state index contributed by atoms with van der Waals surface area (Å²) in [6.07, 6.45) is 5.02. The van der Waals surface area contributed by atoms with E-state index in [4.69, 9.17) is 9.47 Å². The molecule has 0 radical (unpaired) electrons. The average molecular weight is 670 g/mol. The van der Waals surface area contributed by atoms with Crippen molar-refractivity contribution >= 4 is 12.4 Å². The van der Waals surface area contributed by atoms with E-state index in [1.807, 2.05) is 24.3 Å². The molecular weight excluding hydrogens is 626 g/mol. The Labute approximate surface area is 282 Å². The predicted molar refractivity (Wildman–Crippen MR) is 181 cm³/mol. The molecule has 4 aromatic carbocycles. The number of nitrogens with one attached hydrogen (secondary N) is 1. The molecule has 0 aromatic heterocycles. The van der Waals surface area contributed by atoms with Crippen LogP contribution in [0.2, 0.25) is 0 Å². The Morgan fingerprint density at radius 2 is 1.09 bits per heavy atom. The van der Waals surface area contributed by atoms with Gasteiger partial charge in [-0.15, -0.1) is 12.4 Å². The highest BCUT2D eigenvalue weighted by molar-refractivity contribution is 5.85. The monoisotopic (exact) mass is 669 g/mol. The van der Waals surface area contributed by atoms with Crippen LogP contribution in [0.25, 0.3) is 0 Å². The van der Waals surface area contributed by atoms with E-state index in [0.29, 0.717) is 6.54 Å². The van der Waals surface area contributed by atoms with E-state index >= 15 is 0 Å². The number of benzene rings is 4. The van der Waals surface area contributed by atoms with Crippen molar-refractivity contribution in [3.8, 4) is 0 Å². The minimum absolute atomic E-state index is 0. The van der Waals surface area contributed by atoms with Crippen molar-refractivity contribution in [2.75, 3.05) is 19.8 Å². The van der Waals surface area contributed by atoms with Gasteiger partial charge in [-0.25, -0.2) is 17.6 Å². The van der Waals surface area contributed by atoms with Gasteiger partial charge in [-0.3, -0.25) is 0 Å². The van der Waals surface area contributed by atoms with E-state index in [1.54, 1.807) is 0 Å². The molecule has 0 heterocycles. The van der Waals surface area contributed by atoms with Crippen LogP contribution in [-0.4, -0.2) is 25.3 Å². The van der Waals surface area contributed by atoms with Crippen molar-refractivity contribution in [1.82, 2.24) is 5.32 Å². The molecule has 1 fully saturated rings. The number of ether oxygens (including phenoxy) is 2. The third kappa shape index (κ3) is 9.02. The molecule has 8 heteroatoms. The second kappa shape index (κ2) is 17.3. The van der Waals surface area contributed by atoms with Crippen LogP contribution in [0.3, 0.4) is 0 Å². The van der Waals surface area contributed by atoms with Crippen molar-refractivity contribution in [3.05, 3.63) is 142 Å². The van der Waals surface area contributed by atoms with Crippen LogP contribution >= 0.6 is 12.4 Å². The molecule has 47 heavy (non-hydrogen) atoms. The van der Waals surface area contributed by atoms with E-state index in [2.05, 4.69) is 43.4 Å². The van der Waals surface area contributed by atoms with Gasteiger partial charge in [0.15, 0.2) is 0 Å². The lowest BCUT2D eigenvalue weighted by molar-refractivity contribution is 0.0547. The van der Waals surface area contributed by atoms with Crippen LogP contribution in [0, 0.1) is 37.1 Å². The number of hydrogen-bond acceptors (Lipinski definition) is 3. The van der Waals surface area contributed by atoms with Crippen LogP contribution in [-0.2, 0) is 22.7 Å². The second-order valence-electron chi connectivity index (χ2n) is 12.5. The van der Waals surface area contributed by atoms with E-state index in [0.717, 1.165) is 54.4 Å². The van der Waals surface area contributed by atoms with E-state index in [1.165, 1.54) is 36.4 Å². The topological polar surface area (TPSA) is 30.5 Å². The van der Waals surface area contributed by atoms with Gasteiger partial charge in [-0.1, -0.05) is 79.9 Å². The lowest BCUT2D eigenvalue weighted by Crippen LogP contribution is -2.54. The highest BCUT2D eigenvalue weighted by Gasteiger charge is 2.41. The Balaban J connectivity index is 0.00000500. The molecule has 0 aliphatic heterocycles. The zero-order valence-electron chi connectivity index (χ0n) is 27.0. The molecule has 5 rings (SSSR count). The Kier molecular flexibility index (Phi) is 13.4. The standard InChI is InChI=1S/C39H43F4NO2.ClH/c1-27-12-4-6-14-30(27)29(23-45-24-32-35(40)16-10-17-36(32)41)22-44-39(20-8-3-9-21-39)34(31-15-7-5-13-28(31)2)26-46-25-33-37(42)18-11-19-38(33)43;/h4-7,10-19,29,34,44H,3,8-9,20-26H2,1-2H3;1H. The molecule has 4 aromatic rings. The van der Waals surface area contributed by atoms with E-state index in [9.17, 15) is 17.6 Å². The third-order valence-electron chi connectivity index (χ3n) is 9.53. The number of aryl methyl sites for hydroxylation is 2. The first-order valence-corrected chi connectivity index (χ1v) is 16.2. The van der Waals surface area contributed by atoms with Gasteiger partial charge in [0.1, 0.15) is 23.3 Å². The molecule has 1 aliphatic carbocycles. The number of halogens is 5. The van der Waals surface area contributed by atoms with Crippen LogP contribution in [0.5, 0.6) is 0 Å². The van der Waals surface area contributed by atoms with Crippen molar-refractivity contribution < 1.29 is 27.0 Å². The average Bonchev–Trinajstić information content (AvgIpc) is 3.05. The second-order valence-corrected chi connectivity index (χ2v) is 12.5. The van der Waals surface area contributed by atoms with Gasteiger partial charge in [0, 0.05) is 35.0 Å². The smallest absolute Gasteiger partial charge is 0.131 e. The fourth-order valence-corrected chi connectivity index (χ4v) is 6.91. The zero-order chi connectivity index (χ0) is 32.5. The maximum atomic E-state index is 14.5. The molecule has 2 atom stereocenters. The fourth-order valence-electron chi connectivity index (χ4n) is 6.91. The third-order valence-corrected chi connectivity index (χ3v) is 9.53. The fraction of sp³-hybridized carbons (Fsp3) is 0.385. The van der Waals surface area contributed by atoms with Gasteiger partial charge >= 0.3 is 0 Å². The van der Waals surface area contributed by atoms with E-state index in [-0.39, 0.29) is 67.3 Å². The first-order chi connectivity index (χ1) is 22.3. The lowest BCUT2D eigenvalue weighted by atomic mass is 9.69.